The Labute approximate surface area is 214 Å². The maximum atomic E-state index is 2.33. The molecule has 33 heavy (non-hydrogen) atoms. The van der Waals surface area contributed by atoms with Crippen LogP contribution in [0.4, 0.5) is 0 Å². The number of hydrogen-bond acceptors (Lipinski definition) is 0. The molecular weight excluding hydrogens is 478 g/mol. The second kappa shape index (κ2) is 12.3. The van der Waals surface area contributed by atoms with Crippen molar-refractivity contribution in [3.63, 3.8) is 0 Å². The molecule has 0 fully saturated rings. The first-order chi connectivity index (χ1) is 15.2. The van der Waals surface area contributed by atoms with Crippen LogP contribution in [0.25, 0.3) is 0 Å². The van der Waals surface area contributed by atoms with E-state index in [0.29, 0.717) is 10.3 Å². The van der Waals surface area contributed by atoms with Crippen LogP contribution in [0.5, 0.6) is 0 Å². The normalized spacial score (nSPS) is 13.3. The molecular formula is C30H36FeP2. The molecule has 0 heterocycles. The molecule has 0 aliphatic rings. The van der Waals surface area contributed by atoms with Crippen LogP contribution in [-0.2, 0) is 17.1 Å². The maximum absolute atomic E-state index is 2.33. The zero-order valence-electron chi connectivity index (χ0n) is 20.6. The van der Waals surface area contributed by atoms with Crippen molar-refractivity contribution < 1.29 is 17.1 Å². The minimum absolute atomic E-state index is 0. The summed E-state index contributed by atoms with van der Waals surface area (Å²) in [6.45, 7) is 14.0. The van der Waals surface area contributed by atoms with Crippen LogP contribution in [0.3, 0.4) is 0 Å². The molecule has 4 aromatic carbocycles. The summed E-state index contributed by atoms with van der Waals surface area (Å²) in [4.78, 5) is 0. The molecule has 2 atom stereocenters. The fraction of sp³-hybridized carbons (Fsp3) is 0.267. The van der Waals surface area contributed by atoms with Crippen molar-refractivity contribution >= 4 is 37.1 Å². The van der Waals surface area contributed by atoms with Gasteiger partial charge in [0, 0.05) is 0 Å². The molecule has 2 unspecified atom stereocenters. The zero-order valence-corrected chi connectivity index (χ0v) is 23.5. The van der Waals surface area contributed by atoms with E-state index in [1.807, 2.05) is 0 Å². The molecule has 0 aliphatic carbocycles. The Balaban J connectivity index is 0.000000227. The average Bonchev–Trinajstić information content (AvgIpc) is 3.43. The van der Waals surface area contributed by atoms with Crippen LogP contribution in [0.1, 0.15) is 41.5 Å². The van der Waals surface area contributed by atoms with Gasteiger partial charge in [0.25, 0.3) is 0 Å². The van der Waals surface area contributed by atoms with E-state index in [1.165, 1.54) is 21.2 Å². The third kappa shape index (κ3) is 7.77. The smallest absolute Gasteiger partial charge is 0.213 e. The molecule has 0 radical (unpaired) electrons. The monoisotopic (exact) mass is 514 g/mol. The third-order valence-corrected chi connectivity index (χ3v) is 11.1. The molecule has 0 N–H and O–H groups in total. The van der Waals surface area contributed by atoms with E-state index >= 15 is 0 Å². The molecule has 3 heteroatoms. The molecule has 0 saturated carbocycles. The fourth-order valence-corrected chi connectivity index (χ4v) is 9.60. The van der Waals surface area contributed by atoms with Gasteiger partial charge in [0.1, 0.15) is 0 Å². The van der Waals surface area contributed by atoms with Gasteiger partial charge in [-0.25, -0.2) is 24.3 Å². The van der Waals surface area contributed by atoms with Crippen molar-refractivity contribution in [2.24, 2.45) is 0 Å². The summed E-state index contributed by atoms with van der Waals surface area (Å²) in [6.07, 6.45) is 0. The van der Waals surface area contributed by atoms with Crippen LogP contribution in [0, 0.1) is 0 Å². The Hall–Kier alpha value is -1.48. The van der Waals surface area contributed by atoms with Crippen molar-refractivity contribution in [1.29, 1.82) is 0 Å². The first-order valence-corrected chi connectivity index (χ1v) is 14.0. The van der Waals surface area contributed by atoms with E-state index in [9.17, 15) is 0 Å². The first kappa shape index (κ1) is 27.8. The van der Waals surface area contributed by atoms with Gasteiger partial charge in [-0.15, -0.1) is 10.6 Å². The van der Waals surface area contributed by atoms with Gasteiger partial charge in [-0.05, 0) is 20.9 Å². The molecule has 0 spiro atoms. The topological polar surface area (TPSA) is 0 Å². The van der Waals surface area contributed by atoms with Crippen LogP contribution in [0.2, 0.25) is 0 Å². The summed E-state index contributed by atoms with van der Waals surface area (Å²) in [6, 6.07) is 39.3. The second-order valence-corrected chi connectivity index (χ2v) is 16.1. The molecule has 0 aromatic heterocycles. The largest absolute Gasteiger partial charge is 2.00 e. The van der Waals surface area contributed by atoms with E-state index in [0.717, 1.165) is 0 Å². The van der Waals surface area contributed by atoms with Gasteiger partial charge in [-0.3, -0.25) is 0 Å². The molecule has 4 rings (SSSR count). The van der Waals surface area contributed by atoms with Crippen molar-refractivity contribution in [2.75, 3.05) is 0 Å². The standard InChI is InChI=1S/2C15H18P.Fe/c2*1-15(2,3)16(14-11-7-8-12-14)13-9-5-4-6-10-13;/h2*4-12H,1-3H3;/q2*-1;+2. The van der Waals surface area contributed by atoms with Crippen molar-refractivity contribution in [2.45, 2.75) is 51.9 Å². The first-order valence-electron chi connectivity index (χ1n) is 11.3. The van der Waals surface area contributed by atoms with Crippen LogP contribution in [-0.4, -0.2) is 10.3 Å². The van der Waals surface area contributed by atoms with Crippen LogP contribution in [0.15, 0.2) is 109 Å². The van der Waals surface area contributed by atoms with Crippen molar-refractivity contribution in [3.05, 3.63) is 109 Å². The van der Waals surface area contributed by atoms with Gasteiger partial charge in [0.2, 0.25) is 0 Å². The van der Waals surface area contributed by atoms with Crippen LogP contribution >= 0.6 is 15.8 Å². The van der Waals surface area contributed by atoms with Crippen molar-refractivity contribution in [1.82, 2.24) is 0 Å². The minimum Gasteiger partial charge on any atom is -0.213 e. The maximum Gasteiger partial charge on any atom is 2.00 e. The fourth-order valence-electron chi connectivity index (χ4n) is 4.03. The van der Waals surface area contributed by atoms with Gasteiger partial charge >= 0.3 is 17.1 Å². The van der Waals surface area contributed by atoms with Gasteiger partial charge in [-0.1, -0.05) is 118 Å². The summed E-state index contributed by atoms with van der Waals surface area (Å²) in [7, 11) is -0.510. The van der Waals surface area contributed by atoms with Gasteiger partial charge in [0.05, 0.1) is 0 Å². The molecule has 4 aromatic rings. The summed E-state index contributed by atoms with van der Waals surface area (Å²) in [5.74, 6) is 0. The van der Waals surface area contributed by atoms with E-state index < -0.39 is 0 Å². The quantitative estimate of drug-likeness (QED) is 0.153. The predicted molar refractivity (Wildman–Crippen MR) is 149 cm³/mol. The Morgan fingerprint density at radius 1 is 0.485 bits per heavy atom. The Morgan fingerprint density at radius 2 is 0.818 bits per heavy atom. The third-order valence-electron chi connectivity index (χ3n) is 5.18. The van der Waals surface area contributed by atoms with E-state index in [1.54, 1.807) is 0 Å². The number of benzene rings is 2. The molecule has 0 bridgehead atoms. The van der Waals surface area contributed by atoms with E-state index in [4.69, 9.17) is 0 Å². The number of hydrogen-bond donors (Lipinski definition) is 0. The molecule has 174 valence electrons. The average molecular weight is 514 g/mol. The van der Waals surface area contributed by atoms with E-state index in [-0.39, 0.29) is 32.9 Å². The van der Waals surface area contributed by atoms with Crippen LogP contribution < -0.4 is 21.2 Å². The predicted octanol–water partition coefficient (Wildman–Crippen LogP) is 7.27. The van der Waals surface area contributed by atoms with Gasteiger partial charge in [0.15, 0.2) is 0 Å². The molecule has 0 nitrogen and oxygen atoms in total. The Morgan fingerprint density at radius 3 is 1.06 bits per heavy atom. The molecule has 0 aliphatic heterocycles. The SMILES string of the molecule is CC(C)(C)P(c1ccccc1)c1ccc[cH-]1.CC(C)(C)P(c1ccccc1)c1ccc[cH-]1.[Fe+2]. The van der Waals surface area contributed by atoms with Gasteiger partial charge in [-0.2, -0.15) is 24.3 Å². The molecule has 0 amide bonds. The zero-order chi connectivity index (χ0) is 23.2. The van der Waals surface area contributed by atoms with Crippen molar-refractivity contribution in [3.8, 4) is 0 Å². The summed E-state index contributed by atoms with van der Waals surface area (Å²) >= 11 is 0. The number of rotatable bonds is 4. The Bertz CT molecular complexity index is 935. The summed E-state index contributed by atoms with van der Waals surface area (Å²) in [5, 5.41) is 6.52. The second-order valence-electron chi connectivity index (χ2n) is 9.97. The van der Waals surface area contributed by atoms with Gasteiger partial charge < -0.3 is 0 Å². The summed E-state index contributed by atoms with van der Waals surface area (Å²) < 4.78 is 0. The summed E-state index contributed by atoms with van der Waals surface area (Å²) in [5.41, 5.74) is 0. The minimum atomic E-state index is -0.255. The molecule has 0 saturated heterocycles. The van der Waals surface area contributed by atoms with E-state index in [2.05, 4.69) is 151 Å². The Kier molecular flexibility index (Phi) is 10.3.